The summed E-state index contributed by atoms with van der Waals surface area (Å²) < 4.78 is 5.15. The average molecular weight is 723 g/mol. The van der Waals surface area contributed by atoms with Gasteiger partial charge in [-0.15, -0.1) is 11.3 Å². The van der Waals surface area contributed by atoms with Crippen LogP contribution in [0.3, 0.4) is 0 Å². The van der Waals surface area contributed by atoms with Gasteiger partial charge >= 0.3 is 0 Å². The molecule has 0 radical (unpaired) electrons. The molecule has 1 saturated heterocycles. The van der Waals surface area contributed by atoms with E-state index in [0.717, 1.165) is 40.0 Å². The molecule has 10 heteroatoms. The van der Waals surface area contributed by atoms with Crippen LogP contribution in [-0.2, 0) is 4.74 Å². The number of rotatable bonds is 0. The number of aromatic nitrogens is 8. The molecule has 7 heterocycles. The second-order valence-electron chi connectivity index (χ2n) is 12.5. The first-order valence-corrected chi connectivity index (χ1v) is 18.2. The summed E-state index contributed by atoms with van der Waals surface area (Å²) in [7, 11) is 0. The van der Waals surface area contributed by atoms with Crippen molar-refractivity contribution in [3.8, 4) is 0 Å². The molecule has 278 valence electrons. The van der Waals surface area contributed by atoms with Gasteiger partial charge in [-0.3, -0.25) is 15.0 Å². The van der Waals surface area contributed by atoms with Gasteiger partial charge < -0.3 is 4.74 Å². The fraction of sp³-hybridized carbons (Fsp3) is 0.381. The zero-order valence-electron chi connectivity index (χ0n) is 33.3. The summed E-state index contributed by atoms with van der Waals surface area (Å²) in [6.45, 7) is 25.2. The topological polar surface area (TPSA) is 112 Å². The third kappa shape index (κ3) is 24.4. The van der Waals surface area contributed by atoms with Crippen molar-refractivity contribution in [2.75, 3.05) is 6.61 Å². The van der Waals surface area contributed by atoms with E-state index in [2.05, 4.69) is 79.7 Å². The van der Waals surface area contributed by atoms with Crippen molar-refractivity contribution in [1.82, 2.24) is 39.9 Å². The monoisotopic (exact) mass is 722 g/mol. The molecule has 0 spiro atoms. The molecule has 1 aliphatic heterocycles. The van der Waals surface area contributed by atoms with Crippen LogP contribution in [0.2, 0.25) is 0 Å². The molecule has 0 aliphatic carbocycles. The van der Waals surface area contributed by atoms with E-state index in [9.17, 15) is 0 Å². The molecular weight excluding hydrogens is 665 g/mol. The van der Waals surface area contributed by atoms with Crippen LogP contribution in [0.15, 0.2) is 92.4 Å². The van der Waals surface area contributed by atoms with Crippen molar-refractivity contribution in [2.24, 2.45) is 0 Å². The highest BCUT2D eigenvalue weighted by Crippen LogP contribution is 2.09. The van der Waals surface area contributed by atoms with E-state index in [1.54, 1.807) is 29.9 Å². The van der Waals surface area contributed by atoms with Crippen molar-refractivity contribution in [2.45, 2.75) is 102 Å². The Balaban J connectivity index is 0.000000304. The SMILES string of the molecule is CC1CCCO1.Cc1ccc(C)nc1.Cc1cccnc1.Cc1cnc(C)c(C)c1.Cc1cnc(C)nc1.Cc1cnc(C)s1.Cc1cncnc1. The summed E-state index contributed by atoms with van der Waals surface area (Å²) in [5, 5.41) is 1.15. The van der Waals surface area contributed by atoms with Gasteiger partial charge in [0.1, 0.15) is 12.2 Å². The predicted molar refractivity (Wildman–Crippen MR) is 216 cm³/mol. The highest BCUT2D eigenvalue weighted by atomic mass is 32.1. The zero-order chi connectivity index (χ0) is 38.7. The van der Waals surface area contributed by atoms with Gasteiger partial charge in [0.15, 0.2) is 0 Å². The van der Waals surface area contributed by atoms with Crippen LogP contribution in [0.25, 0.3) is 0 Å². The molecule has 1 unspecified atom stereocenters. The number of ether oxygens (including phenoxy) is 1. The van der Waals surface area contributed by atoms with Gasteiger partial charge in [0.05, 0.1) is 11.1 Å². The van der Waals surface area contributed by atoms with E-state index >= 15 is 0 Å². The minimum absolute atomic E-state index is 0.546. The van der Waals surface area contributed by atoms with Crippen molar-refractivity contribution in [3.05, 3.63) is 153 Å². The Morgan fingerprint density at radius 3 is 1.50 bits per heavy atom. The molecule has 6 aromatic rings. The van der Waals surface area contributed by atoms with E-state index in [1.165, 1.54) is 46.3 Å². The van der Waals surface area contributed by atoms with Crippen molar-refractivity contribution in [1.29, 1.82) is 0 Å². The van der Waals surface area contributed by atoms with E-state index in [4.69, 9.17) is 4.74 Å². The standard InChI is InChI=1S/C8H11N.C7H9N.C6H8N2.C6H7N.C5H6N2.C5H7NS.C5H10O/c1-6-4-7(2)8(3)9-5-6;1-6-3-4-7(2)8-5-6;1-5-3-7-6(2)8-4-5;1-6-3-2-4-7-5-6;1-5-2-6-4-7-3-5;1-4-3-6-5(2)7-4;1-5-3-2-4-6-5/h4-5H,1-3H3;3-5H,1-2H3;3-4H,1-2H3;2-5H,1H3;2-4H,1H3;3H,1-2H3;5H,2-4H2,1H3. The Hall–Kier alpha value is -4.80. The molecule has 1 fully saturated rings. The molecule has 0 N–H and O–H groups in total. The first-order chi connectivity index (χ1) is 24.7. The van der Waals surface area contributed by atoms with Crippen LogP contribution in [0.4, 0.5) is 0 Å². The van der Waals surface area contributed by atoms with Crippen LogP contribution in [-0.4, -0.2) is 52.6 Å². The molecule has 0 saturated carbocycles. The highest BCUT2D eigenvalue weighted by molar-refractivity contribution is 7.11. The molecule has 0 bridgehead atoms. The van der Waals surface area contributed by atoms with Gasteiger partial charge in [-0.25, -0.2) is 24.9 Å². The largest absolute Gasteiger partial charge is 0.379 e. The molecule has 6 aromatic heterocycles. The fourth-order valence-electron chi connectivity index (χ4n) is 3.81. The van der Waals surface area contributed by atoms with Gasteiger partial charge in [0, 0.05) is 78.6 Å². The van der Waals surface area contributed by atoms with Crippen molar-refractivity contribution in [3.63, 3.8) is 0 Å². The smallest absolute Gasteiger partial charge is 0.125 e. The summed E-state index contributed by atoms with van der Waals surface area (Å²) in [6, 6.07) is 10.2. The lowest BCUT2D eigenvalue weighted by Gasteiger charge is -1.97. The summed E-state index contributed by atoms with van der Waals surface area (Å²) in [5.41, 5.74) is 9.35. The van der Waals surface area contributed by atoms with Gasteiger partial charge in [-0.1, -0.05) is 18.2 Å². The quantitative estimate of drug-likeness (QED) is 0.151. The number of pyridine rings is 3. The molecule has 1 aliphatic rings. The third-order valence-electron chi connectivity index (χ3n) is 6.84. The number of nitrogens with zero attached hydrogens (tertiary/aromatic N) is 8. The van der Waals surface area contributed by atoms with Crippen molar-refractivity contribution < 1.29 is 4.74 Å². The Labute approximate surface area is 316 Å². The summed E-state index contributed by atoms with van der Waals surface area (Å²) in [5.74, 6) is 0.829. The maximum absolute atomic E-state index is 5.15. The summed E-state index contributed by atoms with van der Waals surface area (Å²) in [6.07, 6.45) is 21.0. The second-order valence-corrected chi connectivity index (χ2v) is 13.9. The molecule has 7 rings (SSSR count). The lowest BCUT2D eigenvalue weighted by Crippen LogP contribution is -1.94. The molecule has 0 amide bonds. The highest BCUT2D eigenvalue weighted by Gasteiger charge is 2.07. The first-order valence-electron chi connectivity index (χ1n) is 17.4. The Morgan fingerprint density at radius 1 is 0.596 bits per heavy atom. The minimum Gasteiger partial charge on any atom is -0.379 e. The fourth-order valence-corrected chi connectivity index (χ4v) is 4.49. The lowest BCUT2D eigenvalue weighted by atomic mass is 10.2. The van der Waals surface area contributed by atoms with E-state index in [1.807, 2.05) is 111 Å². The minimum atomic E-state index is 0.546. The van der Waals surface area contributed by atoms with E-state index in [0.29, 0.717) is 6.10 Å². The van der Waals surface area contributed by atoms with Gasteiger partial charge in [-0.2, -0.15) is 0 Å². The Bertz CT molecular complexity index is 1600. The van der Waals surface area contributed by atoms with E-state index in [-0.39, 0.29) is 0 Å². The molecule has 9 nitrogen and oxygen atoms in total. The second kappa shape index (κ2) is 26.9. The Morgan fingerprint density at radius 2 is 1.19 bits per heavy atom. The zero-order valence-corrected chi connectivity index (χ0v) is 34.1. The van der Waals surface area contributed by atoms with Gasteiger partial charge in [-0.05, 0) is 141 Å². The number of thiazole rings is 1. The van der Waals surface area contributed by atoms with Crippen LogP contribution >= 0.6 is 11.3 Å². The van der Waals surface area contributed by atoms with Crippen LogP contribution in [0.5, 0.6) is 0 Å². The maximum Gasteiger partial charge on any atom is 0.125 e. The summed E-state index contributed by atoms with van der Waals surface area (Å²) in [4.78, 5) is 32.9. The molecule has 0 aromatic carbocycles. The number of hydrogen-bond donors (Lipinski definition) is 0. The van der Waals surface area contributed by atoms with Crippen LogP contribution in [0, 0.1) is 76.2 Å². The molecule has 52 heavy (non-hydrogen) atoms. The lowest BCUT2D eigenvalue weighted by molar-refractivity contribution is 0.125. The van der Waals surface area contributed by atoms with Crippen LogP contribution < -0.4 is 0 Å². The molecule has 1 atom stereocenters. The summed E-state index contributed by atoms with van der Waals surface area (Å²) >= 11 is 1.73. The van der Waals surface area contributed by atoms with Gasteiger partial charge in [0.2, 0.25) is 0 Å². The molecular formula is C42H58N8OS. The number of aryl methyl sites for hydroxylation is 11. The average Bonchev–Trinajstić information content (AvgIpc) is 3.77. The first kappa shape index (κ1) is 45.2. The van der Waals surface area contributed by atoms with Crippen molar-refractivity contribution >= 4 is 11.3 Å². The number of hydrogen-bond acceptors (Lipinski definition) is 10. The predicted octanol–water partition coefficient (Wildman–Crippen LogP) is 9.92. The normalized spacial score (nSPS) is 12.1. The maximum atomic E-state index is 5.15. The van der Waals surface area contributed by atoms with E-state index < -0.39 is 0 Å². The van der Waals surface area contributed by atoms with Gasteiger partial charge in [0.25, 0.3) is 0 Å². The Kier molecular flexibility index (Phi) is 23.4. The third-order valence-corrected chi connectivity index (χ3v) is 7.67. The van der Waals surface area contributed by atoms with Crippen LogP contribution in [0.1, 0.15) is 80.2 Å².